The number of carboxylic acids is 1. The number of aliphatic hydroxyl groups excluding tert-OH is 1. The average Bonchev–Trinajstić information content (AvgIpc) is 2.87. The predicted molar refractivity (Wildman–Crippen MR) is 79.2 cm³/mol. The predicted octanol–water partition coefficient (Wildman–Crippen LogP) is -3.40. The molecule has 124 valence electrons. The SMILES string of the molecule is Nc1cc[n+](CC2=C(C(=O)[O-])N3C(=O)[C@@H](N)[C@H]3SC2)n1CCO. The van der Waals surface area contributed by atoms with Crippen LogP contribution in [0.15, 0.2) is 23.5 Å². The molecule has 1 amide bonds. The summed E-state index contributed by atoms with van der Waals surface area (Å²) in [5, 5.41) is 20.3. The summed E-state index contributed by atoms with van der Waals surface area (Å²) in [6.45, 7) is 0.427. The molecule has 0 radical (unpaired) electrons. The van der Waals surface area contributed by atoms with Gasteiger partial charge in [0, 0.05) is 11.3 Å². The second-order valence-corrected chi connectivity index (χ2v) is 6.47. The third kappa shape index (κ3) is 2.48. The lowest BCUT2D eigenvalue weighted by atomic mass is 10.0. The van der Waals surface area contributed by atoms with E-state index >= 15 is 0 Å². The fourth-order valence-electron chi connectivity index (χ4n) is 2.85. The Bertz CT molecular complexity index is 701. The number of hydrogen-bond acceptors (Lipinski definition) is 7. The largest absolute Gasteiger partial charge is 0.543 e. The summed E-state index contributed by atoms with van der Waals surface area (Å²) in [4.78, 5) is 24.6. The van der Waals surface area contributed by atoms with Crippen molar-refractivity contribution < 1.29 is 24.5 Å². The Balaban J connectivity index is 1.94. The first-order valence-corrected chi connectivity index (χ1v) is 8.09. The highest BCUT2D eigenvalue weighted by molar-refractivity contribution is 8.00. The first kappa shape index (κ1) is 15.8. The molecule has 0 bridgehead atoms. The van der Waals surface area contributed by atoms with Gasteiger partial charge >= 0.3 is 0 Å². The number of aliphatic hydroxyl groups is 1. The van der Waals surface area contributed by atoms with Gasteiger partial charge in [0.05, 0.1) is 24.3 Å². The van der Waals surface area contributed by atoms with E-state index in [4.69, 9.17) is 16.6 Å². The number of hydrogen-bond donors (Lipinski definition) is 3. The normalized spacial score (nSPS) is 23.7. The number of nitrogens with two attached hydrogens (primary N) is 2. The van der Waals surface area contributed by atoms with Crippen molar-refractivity contribution in [3.63, 3.8) is 0 Å². The minimum atomic E-state index is -1.39. The van der Waals surface area contributed by atoms with Gasteiger partial charge in [0.2, 0.25) is 5.91 Å². The number of β-lactam (4-membered cyclic amide) rings is 1. The van der Waals surface area contributed by atoms with Gasteiger partial charge in [-0.2, -0.15) is 0 Å². The van der Waals surface area contributed by atoms with E-state index in [0.29, 0.717) is 17.1 Å². The van der Waals surface area contributed by atoms with Crippen molar-refractivity contribution in [1.29, 1.82) is 0 Å². The number of amides is 1. The Kier molecular flexibility index (Phi) is 4.04. The Hall–Kier alpha value is -2.04. The molecule has 3 heterocycles. The maximum Gasteiger partial charge on any atom is 0.248 e. The second kappa shape index (κ2) is 5.87. The van der Waals surface area contributed by atoms with Gasteiger partial charge in [-0.15, -0.1) is 21.1 Å². The molecule has 0 saturated carbocycles. The topological polar surface area (TPSA) is 142 Å². The van der Waals surface area contributed by atoms with Crippen molar-refractivity contribution in [2.75, 3.05) is 18.1 Å². The van der Waals surface area contributed by atoms with Crippen LogP contribution >= 0.6 is 11.8 Å². The third-order valence-corrected chi connectivity index (χ3v) is 5.33. The van der Waals surface area contributed by atoms with Crippen LogP contribution in [0.1, 0.15) is 0 Å². The Labute approximate surface area is 136 Å². The number of nitrogen functional groups attached to an aromatic ring is 1. The van der Waals surface area contributed by atoms with Crippen LogP contribution in [-0.4, -0.2) is 50.3 Å². The minimum absolute atomic E-state index is 0.0957. The van der Waals surface area contributed by atoms with Gasteiger partial charge in [0.15, 0.2) is 18.6 Å². The monoisotopic (exact) mass is 339 g/mol. The lowest BCUT2D eigenvalue weighted by molar-refractivity contribution is -0.767. The molecule has 10 heteroatoms. The average molecular weight is 339 g/mol. The molecule has 1 saturated heterocycles. The number of anilines is 1. The molecule has 2 atom stereocenters. The van der Waals surface area contributed by atoms with Gasteiger partial charge in [-0.3, -0.25) is 9.69 Å². The van der Waals surface area contributed by atoms with Crippen LogP contribution in [0, 0.1) is 0 Å². The van der Waals surface area contributed by atoms with Crippen LogP contribution in [0.2, 0.25) is 0 Å². The number of carbonyl (C=O) groups excluding carboxylic acids is 2. The molecule has 2 aliphatic heterocycles. The molecule has 23 heavy (non-hydrogen) atoms. The van der Waals surface area contributed by atoms with Crippen molar-refractivity contribution in [2.24, 2.45) is 5.73 Å². The number of aromatic nitrogens is 2. The molecule has 3 rings (SSSR count). The number of aliphatic carboxylic acids is 1. The van der Waals surface area contributed by atoms with Crippen molar-refractivity contribution in [3.8, 4) is 0 Å². The number of thioether (sulfide) groups is 1. The molecule has 5 N–H and O–H groups in total. The van der Waals surface area contributed by atoms with E-state index in [1.807, 2.05) is 0 Å². The van der Waals surface area contributed by atoms with E-state index in [1.54, 1.807) is 21.6 Å². The van der Waals surface area contributed by atoms with Gasteiger partial charge in [-0.1, -0.05) is 0 Å². The quantitative estimate of drug-likeness (QED) is 0.375. The standard InChI is InChI=1S/C13H17N5O4S/c14-8-1-2-16(17(8)3-4-19)5-7-6-23-12-9(15)11(20)18(12)10(7)13(21)22/h1-2,9,12,14,19H,3-6,15H2,(H,21,22)/t9-,12-/m1/s1. The number of rotatable bonds is 5. The van der Waals surface area contributed by atoms with E-state index in [-0.39, 0.29) is 30.8 Å². The highest BCUT2D eigenvalue weighted by Gasteiger charge is 2.50. The minimum Gasteiger partial charge on any atom is -0.543 e. The lowest BCUT2D eigenvalue weighted by Crippen LogP contribution is -2.69. The highest BCUT2D eigenvalue weighted by atomic mass is 32.2. The molecule has 2 aliphatic rings. The molecule has 0 unspecified atom stereocenters. The van der Waals surface area contributed by atoms with E-state index in [0.717, 1.165) is 0 Å². The Morgan fingerprint density at radius 1 is 1.57 bits per heavy atom. The number of fused-ring (bicyclic) bond motifs is 1. The van der Waals surface area contributed by atoms with Crippen LogP contribution in [0.3, 0.4) is 0 Å². The second-order valence-electron chi connectivity index (χ2n) is 5.36. The summed E-state index contributed by atoms with van der Waals surface area (Å²) >= 11 is 1.43. The summed E-state index contributed by atoms with van der Waals surface area (Å²) in [5.74, 6) is -0.908. The fraction of sp³-hybridized carbons (Fsp3) is 0.462. The van der Waals surface area contributed by atoms with Gasteiger partial charge < -0.3 is 26.5 Å². The number of carbonyl (C=O) groups is 2. The van der Waals surface area contributed by atoms with Crippen molar-refractivity contribution >= 4 is 29.5 Å². The van der Waals surface area contributed by atoms with Crippen LogP contribution < -0.4 is 21.3 Å². The molecule has 1 aromatic heterocycles. The molecular weight excluding hydrogens is 322 g/mol. The maximum absolute atomic E-state index is 11.9. The van der Waals surface area contributed by atoms with Crippen LogP contribution in [0.4, 0.5) is 5.82 Å². The molecule has 0 aromatic carbocycles. The summed E-state index contributed by atoms with van der Waals surface area (Å²) < 4.78 is 3.34. The molecule has 1 aromatic rings. The zero-order valence-corrected chi connectivity index (χ0v) is 13.0. The van der Waals surface area contributed by atoms with E-state index < -0.39 is 17.9 Å². The first-order valence-electron chi connectivity index (χ1n) is 7.05. The summed E-state index contributed by atoms with van der Waals surface area (Å²) in [5.41, 5.74) is 12.0. The highest BCUT2D eigenvalue weighted by Crippen LogP contribution is 2.39. The summed E-state index contributed by atoms with van der Waals surface area (Å²) in [6, 6.07) is 0.996. The molecule has 9 nitrogen and oxygen atoms in total. The third-order valence-electron chi connectivity index (χ3n) is 3.97. The summed E-state index contributed by atoms with van der Waals surface area (Å²) in [7, 11) is 0. The van der Waals surface area contributed by atoms with E-state index in [9.17, 15) is 14.7 Å². The van der Waals surface area contributed by atoms with Gasteiger partial charge in [0.25, 0.3) is 0 Å². The van der Waals surface area contributed by atoms with Gasteiger partial charge in [-0.25, -0.2) is 0 Å². The number of carboxylic acid groups (broad SMARTS) is 1. The van der Waals surface area contributed by atoms with Crippen molar-refractivity contribution in [1.82, 2.24) is 9.58 Å². The zero-order chi connectivity index (χ0) is 16.7. The van der Waals surface area contributed by atoms with Crippen LogP contribution in [-0.2, 0) is 22.7 Å². The van der Waals surface area contributed by atoms with Gasteiger partial charge in [-0.05, 0) is 0 Å². The fourth-order valence-corrected chi connectivity index (χ4v) is 4.14. The first-order chi connectivity index (χ1) is 11.0. The maximum atomic E-state index is 11.9. The molecule has 1 fully saturated rings. The van der Waals surface area contributed by atoms with Crippen molar-refractivity contribution in [2.45, 2.75) is 24.5 Å². The Morgan fingerprint density at radius 3 is 2.96 bits per heavy atom. The van der Waals surface area contributed by atoms with E-state index in [1.165, 1.54) is 16.7 Å². The molecule has 0 spiro atoms. The molecular formula is C13H17N5O4S. The number of nitrogens with zero attached hydrogens (tertiary/aromatic N) is 3. The van der Waals surface area contributed by atoms with Crippen LogP contribution in [0.25, 0.3) is 0 Å². The summed E-state index contributed by atoms with van der Waals surface area (Å²) in [6.07, 6.45) is 1.70. The van der Waals surface area contributed by atoms with E-state index in [2.05, 4.69) is 0 Å². The molecule has 0 aliphatic carbocycles. The van der Waals surface area contributed by atoms with Gasteiger partial charge in [0.1, 0.15) is 18.0 Å². The smallest absolute Gasteiger partial charge is 0.248 e. The Morgan fingerprint density at radius 2 is 2.30 bits per heavy atom. The zero-order valence-electron chi connectivity index (χ0n) is 12.2. The van der Waals surface area contributed by atoms with Crippen LogP contribution in [0.5, 0.6) is 0 Å². The lowest BCUT2D eigenvalue weighted by Gasteiger charge is -2.49. The van der Waals surface area contributed by atoms with Crippen molar-refractivity contribution in [3.05, 3.63) is 23.5 Å².